The zero-order valence-corrected chi connectivity index (χ0v) is 7.43. The Hall–Kier alpha value is -1.30. The van der Waals surface area contributed by atoms with E-state index in [1.807, 2.05) is 5.38 Å². The fourth-order valence-corrected chi connectivity index (χ4v) is 1.40. The monoisotopic (exact) mass is 186 g/mol. The molecule has 0 radical (unpaired) electrons. The molecule has 0 atom stereocenters. The van der Waals surface area contributed by atoms with E-state index in [0.29, 0.717) is 6.42 Å². The summed E-state index contributed by atoms with van der Waals surface area (Å²) in [6.45, 7) is 0. The molecule has 0 amide bonds. The number of oxime groups is 1. The number of rotatable bonds is 3. The number of nitrogens with two attached hydrogens (primary N) is 1. The second-order valence-corrected chi connectivity index (χ2v) is 3.02. The third kappa shape index (κ3) is 2.09. The normalized spacial score (nSPS) is 11.6. The molecule has 0 saturated carbocycles. The van der Waals surface area contributed by atoms with Crippen LogP contribution >= 0.6 is 11.3 Å². The number of nitrogens with zero attached hydrogens (tertiary/aromatic N) is 2. The lowest BCUT2D eigenvalue weighted by Gasteiger charge is -1.92. The van der Waals surface area contributed by atoms with Crippen LogP contribution in [0.5, 0.6) is 0 Å². The number of aromatic nitrogens is 1. The first-order chi connectivity index (χ1) is 5.76. The van der Waals surface area contributed by atoms with Gasteiger partial charge in [0.25, 0.3) is 0 Å². The summed E-state index contributed by atoms with van der Waals surface area (Å²) in [5.41, 5.74) is 6.11. The molecule has 12 heavy (non-hydrogen) atoms. The molecule has 0 unspecified atom stereocenters. The van der Waals surface area contributed by atoms with Gasteiger partial charge in [0.2, 0.25) is 0 Å². The van der Waals surface area contributed by atoms with Gasteiger partial charge in [-0.05, 0) is 0 Å². The minimum Gasteiger partial charge on any atom is -0.409 e. The lowest BCUT2D eigenvalue weighted by atomic mass is 10.3. The van der Waals surface area contributed by atoms with Crippen LogP contribution in [0.4, 0.5) is 5.13 Å². The first-order valence-electron chi connectivity index (χ1n) is 3.35. The van der Waals surface area contributed by atoms with Gasteiger partial charge in [-0.2, -0.15) is 0 Å². The Balaban J connectivity index is 2.64. The van der Waals surface area contributed by atoms with Gasteiger partial charge in [0.1, 0.15) is 5.84 Å². The Morgan fingerprint density at radius 1 is 1.92 bits per heavy atom. The van der Waals surface area contributed by atoms with Gasteiger partial charge in [0.05, 0.1) is 12.1 Å². The average molecular weight is 186 g/mol. The number of hydrogen-bond acceptors (Lipinski definition) is 5. The molecule has 4 N–H and O–H groups in total. The molecule has 0 spiro atoms. The van der Waals surface area contributed by atoms with Gasteiger partial charge in [-0.1, -0.05) is 5.16 Å². The predicted molar refractivity (Wildman–Crippen MR) is 48.8 cm³/mol. The van der Waals surface area contributed by atoms with Crippen molar-refractivity contribution in [3.8, 4) is 0 Å². The summed E-state index contributed by atoms with van der Waals surface area (Å²) in [6, 6.07) is 0. The van der Waals surface area contributed by atoms with E-state index < -0.39 is 0 Å². The third-order valence-corrected chi connectivity index (χ3v) is 2.16. The maximum absolute atomic E-state index is 8.28. The van der Waals surface area contributed by atoms with Crippen LogP contribution in [0.2, 0.25) is 0 Å². The number of thiazole rings is 1. The number of anilines is 1. The Bertz CT molecular complexity index is 283. The Kier molecular flexibility index (Phi) is 2.87. The summed E-state index contributed by atoms with van der Waals surface area (Å²) in [4.78, 5) is 4.15. The average Bonchev–Trinajstić information content (AvgIpc) is 2.52. The second kappa shape index (κ2) is 3.91. The second-order valence-electron chi connectivity index (χ2n) is 2.16. The highest BCUT2D eigenvalue weighted by molar-refractivity contribution is 7.13. The summed E-state index contributed by atoms with van der Waals surface area (Å²) in [5, 5.41) is 16.7. The van der Waals surface area contributed by atoms with Crippen molar-refractivity contribution in [2.24, 2.45) is 10.9 Å². The van der Waals surface area contributed by atoms with Crippen molar-refractivity contribution in [2.45, 2.75) is 6.42 Å². The highest BCUT2D eigenvalue weighted by atomic mass is 32.1. The molecule has 1 rings (SSSR count). The molecule has 1 heterocycles. The van der Waals surface area contributed by atoms with Crippen LogP contribution in [0, 0.1) is 0 Å². The predicted octanol–water partition coefficient (Wildman–Crippen LogP) is 0.474. The molecule has 66 valence electrons. The quantitative estimate of drug-likeness (QED) is 0.277. The summed E-state index contributed by atoms with van der Waals surface area (Å²) in [6.07, 6.45) is 0.384. The van der Waals surface area contributed by atoms with Crippen molar-refractivity contribution in [3.05, 3.63) is 11.1 Å². The lowest BCUT2D eigenvalue weighted by Crippen LogP contribution is -2.14. The van der Waals surface area contributed by atoms with Crippen molar-refractivity contribution in [1.82, 2.24) is 4.98 Å². The molecular weight excluding hydrogens is 176 g/mol. The first-order valence-corrected chi connectivity index (χ1v) is 4.22. The van der Waals surface area contributed by atoms with Crippen LogP contribution in [0.1, 0.15) is 5.69 Å². The van der Waals surface area contributed by atoms with Gasteiger partial charge < -0.3 is 16.3 Å². The van der Waals surface area contributed by atoms with E-state index >= 15 is 0 Å². The SMILES string of the molecule is CNc1nc(C/C(N)=N/O)cs1. The van der Waals surface area contributed by atoms with Crippen LogP contribution in [0.15, 0.2) is 10.5 Å². The van der Waals surface area contributed by atoms with E-state index in [2.05, 4.69) is 15.5 Å². The van der Waals surface area contributed by atoms with Crippen molar-refractivity contribution in [2.75, 3.05) is 12.4 Å². The van der Waals surface area contributed by atoms with Crippen molar-refractivity contribution in [3.63, 3.8) is 0 Å². The van der Waals surface area contributed by atoms with Gasteiger partial charge >= 0.3 is 0 Å². The molecule has 5 nitrogen and oxygen atoms in total. The summed E-state index contributed by atoms with van der Waals surface area (Å²) >= 11 is 1.49. The highest BCUT2D eigenvalue weighted by Gasteiger charge is 2.02. The van der Waals surface area contributed by atoms with Gasteiger partial charge in [-0.25, -0.2) is 4.98 Å². The van der Waals surface area contributed by atoms with Crippen molar-refractivity contribution >= 4 is 22.3 Å². The van der Waals surface area contributed by atoms with Crippen LogP contribution in [-0.4, -0.2) is 23.1 Å². The largest absolute Gasteiger partial charge is 0.409 e. The first kappa shape index (κ1) is 8.79. The molecule has 1 aromatic heterocycles. The Morgan fingerprint density at radius 3 is 3.17 bits per heavy atom. The molecular formula is C6H10N4OS. The summed E-state index contributed by atoms with van der Waals surface area (Å²) < 4.78 is 0. The van der Waals surface area contributed by atoms with E-state index in [-0.39, 0.29) is 5.84 Å². The van der Waals surface area contributed by atoms with E-state index in [1.54, 1.807) is 7.05 Å². The van der Waals surface area contributed by atoms with E-state index in [4.69, 9.17) is 10.9 Å². The molecule has 0 bridgehead atoms. The molecule has 0 saturated heterocycles. The molecule has 0 aliphatic carbocycles. The number of hydrogen-bond donors (Lipinski definition) is 3. The van der Waals surface area contributed by atoms with Gasteiger partial charge in [0.15, 0.2) is 5.13 Å². The van der Waals surface area contributed by atoms with Crippen molar-refractivity contribution in [1.29, 1.82) is 0 Å². The van der Waals surface area contributed by atoms with Crippen LogP contribution in [-0.2, 0) is 6.42 Å². The van der Waals surface area contributed by atoms with Crippen LogP contribution in [0.3, 0.4) is 0 Å². The summed E-state index contributed by atoms with van der Waals surface area (Å²) in [7, 11) is 1.80. The summed E-state index contributed by atoms with van der Waals surface area (Å²) in [5.74, 6) is 0.169. The van der Waals surface area contributed by atoms with E-state index in [9.17, 15) is 0 Å². The standard InChI is InChI=1S/C6H10N4OS/c1-8-6-9-4(3-12-6)2-5(7)10-11/h3,11H,2H2,1H3,(H2,7,10)(H,8,9). The number of amidine groups is 1. The van der Waals surface area contributed by atoms with E-state index in [0.717, 1.165) is 10.8 Å². The minimum atomic E-state index is 0.169. The fourth-order valence-electron chi connectivity index (χ4n) is 0.724. The molecule has 0 aromatic carbocycles. The zero-order valence-electron chi connectivity index (χ0n) is 6.61. The zero-order chi connectivity index (χ0) is 8.97. The van der Waals surface area contributed by atoms with Gasteiger partial charge in [-0.15, -0.1) is 11.3 Å². The third-order valence-electron chi connectivity index (χ3n) is 1.26. The van der Waals surface area contributed by atoms with Gasteiger partial charge in [-0.3, -0.25) is 0 Å². The van der Waals surface area contributed by atoms with Crippen molar-refractivity contribution < 1.29 is 5.21 Å². The molecule has 0 aliphatic rings. The molecule has 1 aromatic rings. The number of nitrogens with one attached hydrogen (secondary N) is 1. The smallest absolute Gasteiger partial charge is 0.182 e. The minimum absolute atomic E-state index is 0.169. The van der Waals surface area contributed by atoms with Crippen LogP contribution in [0.25, 0.3) is 0 Å². The fraction of sp³-hybridized carbons (Fsp3) is 0.333. The molecule has 6 heteroatoms. The lowest BCUT2D eigenvalue weighted by molar-refractivity contribution is 0.317. The topological polar surface area (TPSA) is 83.5 Å². The highest BCUT2D eigenvalue weighted by Crippen LogP contribution is 2.14. The van der Waals surface area contributed by atoms with Crippen LogP contribution < -0.4 is 11.1 Å². The molecule has 0 aliphatic heterocycles. The Morgan fingerprint density at radius 2 is 2.67 bits per heavy atom. The maximum atomic E-state index is 8.28. The Labute approximate surface area is 73.9 Å². The maximum Gasteiger partial charge on any atom is 0.182 e. The molecule has 0 fully saturated rings. The van der Waals surface area contributed by atoms with E-state index in [1.165, 1.54) is 11.3 Å². The van der Waals surface area contributed by atoms with Gasteiger partial charge in [0, 0.05) is 12.4 Å².